The van der Waals surface area contributed by atoms with Crippen molar-refractivity contribution in [2.75, 3.05) is 5.32 Å². The van der Waals surface area contributed by atoms with E-state index in [0.29, 0.717) is 22.3 Å². The van der Waals surface area contributed by atoms with E-state index in [1.807, 2.05) is 26.0 Å². The molecule has 0 fully saturated rings. The van der Waals surface area contributed by atoms with Crippen LogP contribution in [0.3, 0.4) is 0 Å². The smallest absolute Gasteiger partial charge is 0.121 e. The third-order valence-corrected chi connectivity index (χ3v) is 3.53. The maximum atomic E-state index is 9.74. The molecule has 0 saturated carbocycles. The summed E-state index contributed by atoms with van der Waals surface area (Å²) < 4.78 is 0. The summed E-state index contributed by atoms with van der Waals surface area (Å²) in [6, 6.07) is 9.22. The van der Waals surface area contributed by atoms with Crippen molar-refractivity contribution >= 4 is 28.9 Å². The van der Waals surface area contributed by atoms with Crippen molar-refractivity contribution in [1.82, 2.24) is 0 Å². The van der Waals surface area contributed by atoms with Gasteiger partial charge >= 0.3 is 0 Å². The van der Waals surface area contributed by atoms with Gasteiger partial charge < -0.3 is 10.4 Å². The lowest BCUT2D eigenvalue weighted by molar-refractivity contribution is 0.466. The molecule has 0 saturated heterocycles. The van der Waals surface area contributed by atoms with Gasteiger partial charge in [0.1, 0.15) is 5.75 Å². The summed E-state index contributed by atoms with van der Waals surface area (Å²) in [6.07, 6.45) is 0. The highest BCUT2D eigenvalue weighted by atomic mass is 35.5. The zero-order valence-corrected chi connectivity index (χ0v) is 12.3. The van der Waals surface area contributed by atoms with Gasteiger partial charge in [0.05, 0.1) is 10.7 Å². The van der Waals surface area contributed by atoms with E-state index in [1.54, 1.807) is 18.2 Å². The van der Waals surface area contributed by atoms with Crippen molar-refractivity contribution in [2.45, 2.75) is 20.4 Å². The Balaban J connectivity index is 2.17. The molecule has 0 aliphatic heterocycles. The zero-order valence-electron chi connectivity index (χ0n) is 10.8. The average Bonchev–Trinajstić information content (AvgIpc) is 2.37. The second-order valence-electron chi connectivity index (χ2n) is 4.56. The number of anilines is 1. The SMILES string of the molecule is Cc1cc(CNc2cc(Cl)ccc2Cl)cc(C)c1O. The van der Waals surface area contributed by atoms with Gasteiger partial charge in [-0.1, -0.05) is 35.3 Å². The topological polar surface area (TPSA) is 32.3 Å². The van der Waals surface area contributed by atoms with Crippen LogP contribution in [0, 0.1) is 13.8 Å². The van der Waals surface area contributed by atoms with Crippen molar-refractivity contribution < 1.29 is 5.11 Å². The third-order valence-electron chi connectivity index (χ3n) is 2.96. The fourth-order valence-electron chi connectivity index (χ4n) is 1.98. The summed E-state index contributed by atoms with van der Waals surface area (Å²) in [5, 5.41) is 14.3. The highest BCUT2D eigenvalue weighted by molar-refractivity contribution is 6.35. The standard InChI is InChI=1S/C15H15Cl2NO/c1-9-5-11(6-10(2)15(9)19)8-18-14-7-12(16)3-4-13(14)17/h3-7,18-19H,8H2,1-2H3. The summed E-state index contributed by atoms with van der Waals surface area (Å²) in [7, 11) is 0. The number of nitrogens with one attached hydrogen (secondary N) is 1. The lowest BCUT2D eigenvalue weighted by Gasteiger charge is -2.11. The number of hydrogen-bond donors (Lipinski definition) is 2. The molecule has 100 valence electrons. The fraction of sp³-hybridized carbons (Fsp3) is 0.200. The first-order valence-electron chi connectivity index (χ1n) is 5.95. The predicted molar refractivity (Wildman–Crippen MR) is 81.4 cm³/mol. The average molecular weight is 296 g/mol. The lowest BCUT2D eigenvalue weighted by atomic mass is 10.1. The molecule has 0 spiro atoms. The van der Waals surface area contributed by atoms with Crippen LogP contribution in [0.1, 0.15) is 16.7 Å². The van der Waals surface area contributed by atoms with E-state index in [2.05, 4.69) is 5.32 Å². The van der Waals surface area contributed by atoms with E-state index in [-0.39, 0.29) is 0 Å². The molecule has 0 aliphatic rings. The molecule has 0 amide bonds. The highest BCUT2D eigenvalue weighted by Gasteiger charge is 2.05. The van der Waals surface area contributed by atoms with E-state index in [4.69, 9.17) is 23.2 Å². The Morgan fingerprint density at radius 1 is 1.05 bits per heavy atom. The van der Waals surface area contributed by atoms with Gasteiger partial charge in [-0.05, 0) is 48.7 Å². The minimum absolute atomic E-state index is 0.351. The van der Waals surface area contributed by atoms with Gasteiger partial charge in [-0.2, -0.15) is 0 Å². The Morgan fingerprint density at radius 2 is 1.68 bits per heavy atom. The molecule has 2 nitrogen and oxygen atoms in total. The van der Waals surface area contributed by atoms with Crippen LogP contribution in [-0.4, -0.2) is 5.11 Å². The van der Waals surface area contributed by atoms with Crippen molar-refractivity contribution in [1.29, 1.82) is 0 Å². The minimum atomic E-state index is 0.351. The molecule has 0 aromatic heterocycles. The molecule has 19 heavy (non-hydrogen) atoms. The molecule has 2 rings (SSSR count). The summed E-state index contributed by atoms with van der Waals surface area (Å²) in [5.74, 6) is 0.351. The highest BCUT2D eigenvalue weighted by Crippen LogP contribution is 2.27. The largest absolute Gasteiger partial charge is 0.507 e. The van der Waals surface area contributed by atoms with Gasteiger partial charge in [-0.3, -0.25) is 0 Å². The minimum Gasteiger partial charge on any atom is -0.507 e. The normalized spacial score (nSPS) is 10.5. The van der Waals surface area contributed by atoms with Crippen LogP contribution < -0.4 is 5.32 Å². The van der Waals surface area contributed by atoms with Crippen LogP contribution >= 0.6 is 23.2 Å². The Morgan fingerprint density at radius 3 is 2.32 bits per heavy atom. The summed E-state index contributed by atoms with van der Waals surface area (Å²) in [6.45, 7) is 4.40. The molecule has 0 heterocycles. The van der Waals surface area contributed by atoms with Crippen LogP contribution in [0.4, 0.5) is 5.69 Å². The number of hydrogen-bond acceptors (Lipinski definition) is 2. The fourth-order valence-corrected chi connectivity index (χ4v) is 2.33. The molecule has 0 radical (unpaired) electrons. The molecule has 4 heteroatoms. The number of phenolic OH excluding ortho intramolecular Hbond substituents is 1. The number of phenols is 1. The van der Waals surface area contributed by atoms with E-state index in [9.17, 15) is 5.11 Å². The van der Waals surface area contributed by atoms with Crippen molar-refractivity contribution in [2.24, 2.45) is 0 Å². The quantitative estimate of drug-likeness (QED) is 0.842. The van der Waals surface area contributed by atoms with Crippen molar-refractivity contribution in [3.05, 3.63) is 57.1 Å². The predicted octanol–water partition coefficient (Wildman–Crippen LogP) is 4.93. The van der Waals surface area contributed by atoms with E-state index in [0.717, 1.165) is 22.4 Å². The molecule has 0 bridgehead atoms. The Kier molecular flexibility index (Phi) is 4.23. The molecule has 0 atom stereocenters. The molecule has 2 aromatic rings. The van der Waals surface area contributed by atoms with Crippen LogP contribution in [0.15, 0.2) is 30.3 Å². The molecular formula is C15H15Cl2NO. The van der Waals surface area contributed by atoms with Crippen LogP contribution in [0.5, 0.6) is 5.75 Å². The second-order valence-corrected chi connectivity index (χ2v) is 5.40. The molecular weight excluding hydrogens is 281 g/mol. The Bertz CT molecular complexity index is 588. The number of rotatable bonds is 3. The first-order chi connectivity index (χ1) is 8.97. The summed E-state index contributed by atoms with van der Waals surface area (Å²) in [4.78, 5) is 0. The number of halogens is 2. The van der Waals surface area contributed by atoms with Crippen LogP contribution in [0.25, 0.3) is 0 Å². The first kappa shape index (κ1) is 14.0. The number of aryl methyl sites for hydroxylation is 2. The Labute approximate surface area is 123 Å². The van der Waals surface area contributed by atoms with E-state index < -0.39 is 0 Å². The van der Waals surface area contributed by atoms with Crippen molar-refractivity contribution in [3.8, 4) is 5.75 Å². The number of benzene rings is 2. The van der Waals surface area contributed by atoms with Gasteiger partial charge in [-0.25, -0.2) is 0 Å². The third kappa shape index (κ3) is 3.34. The van der Waals surface area contributed by atoms with Gasteiger partial charge in [0.25, 0.3) is 0 Å². The zero-order chi connectivity index (χ0) is 14.0. The maximum absolute atomic E-state index is 9.74. The van der Waals surface area contributed by atoms with Crippen LogP contribution in [-0.2, 0) is 6.54 Å². The van der Waals surface area contributed by atoms with Gasteiger partial charge in [0.2, 0.25) is 0 Å². The van der Waals surface area contributed by atoms with E-state index >= 15 is 0 Å². The van der Waals surface area contributed by atoms with Gasteiger partial charge in [0, 0.05) is 11.6 Å². The van der Waals surface area contributed by atoms with Crippen molar-refractivity contribution in [3.63, 3.8) is 0 Å². The van der Waals surface area contributed by atoms with Gasteiger partial charge in [-0.15, -0.1) is 0 Å². The lowest BCUT2D eigenvalue weighted by Crippen LogP contribution is -2.01. The monoisotopic (exact) mass is 295 g/mol. The summed E-state index contributed by atoms with van der Waals surface area (Å²) in [5.41, 5.74) is 3.63. The molecule has 2 aromatic carbocycles. The Hall–Kier alpha value is -1.38. The summed E-state index contributed by atoms with van der Waals surface area (Å²) >= 11 is 12.0. The maximum Gasteiger partial charge on any atom is 0.121 e. The number of aromatic hydroxyl groups is 1. The van der Waals surface area contributed by atoms with Gasteiger partial charge in [0.15, 0.2) is 0 Å². The molecule has 2 N–H and O–H groups in total. The second kappa shape index (κ2) is 5.72. The molecule has 0 aliphatic carbocycles. The molecule has 0 unspecified atom stereocenters. The first-order valence-corrected chi connectivity index (χ1v) is 6.71. The van der Waals surface area contributed by atoms with Crippen LogP contribution in [0.2, 0.25) is 10.0 Å². The van der Waals surface area contributed by atoms with E-state index in [1.165, 1.54) is 0 Å².